The smallest absolute Gasteiger partial charge is 0.205 e. The van der Waals surface area contributed by atoms with Gasteiger partial charge in [0, 0.05) is 6.61 Å². The molecule has 0 aliphatic carbocycles. The second kappa shape index (κ2) is 6.46. The predicted molar refractivity (Wildman–Crippen MR) is 66.6 cm³/mol. The molecule has 3 atom stereocenters. The molecule has 88 valence electrons. The quantitative estimate of drug-likeness (QED) is 0.532. The van der Waals surface area contributed by atoms with E-state index in [1.165, 1.54) is 18.9 Å². The molecule has 0 aromatic carbocycles. The minimum Gasteiger partial charge on any atom is -0.417 e. The first kappa shape index (κ1) is 12.9. The van der Waals surface area contributed by atoms with Crippen LogP contribution in [0.25, 0.3) is 0 Å². The Hall–Kier alpha value is -0.123. The Morgan fingerprint density at radius 2 is 2.27 bits per heavy atom. The van der Waals surface area contributed by atoms with Gasteiger partial charge in [0.25, 0.3) is 0 Å². The summed E-state index contributed by atoms with van der Waals surface area (Å²) in [6, 6.07) is 1.28. The maximum atomic E-state index is 6.04. The van der Waals surface area contributed by atoms with E-state index in [1.54, 1.807) is 0 Å². The van der Waals surface area contributed by atoms with E-state index in [9.17, 15) is 0 Å². The van der Waals surface area contributed by atoms with Crippen LogP contribution in [0.3, 0.4) is 0 Å². The number of rotatable bonds is 5. The Bertz CT molecular complexity index is 200. The summed E-state index contributed by atoms with van der Waals surface area (Å²) in [6.07, 6.45) is 3.82. The van der Waals surface area contributed by atoms with Crippen molar-refractivity contribution < 1.29 is 9.16 Å². The van der Waals surface area contributed by atoms with E-state index in [0.717, 1.165) is 18.6 Å². The fourth-order valence-corrected chi connectivity index (χ4v) is 4.73. The fraction of sp³-hybridized carbons (Fsp3) is 0.833. The van der Waals surface area contributed by atoms with Gasteiger partial charge >= 0.3 is 0 Å². The standard InChI is InChI=1S/C12H24O2Si/c1-5-12(14-11(4)10(2)3)15-9-7-6-8-13-15/h11-12,15H,2,5-9H2,1,3-4H3. The summed E-state index contributed by atoms with van der Waals surface area (Å²) in [5, 5.41) is 0. The maximum absolute atomic E-state index is 6.04. The van der Waals surface area contributed by atoms with Crippen LogP contribution in [0.4, 0.5) is 0 Å². The molecular weight excluding hydrogens is 204 g/mol. The molecule has 0 amide bonds. The van der Waals surface area contributed by atoms with Crippen LogP contribution in [0.1, 0.15) is 40.0 Å². The lowest BCUT2D eigenvalue weighted by Gasteiger charge is -2.30. The van der Waals surface area contributed by atoms with Gasteiger partial charge in [-0.15, -0.1) is 0 Å². The van der Waals surface area contributed by atoms with Crippen LogP contribution < -0.4 is 0 Å². The van der Waals surface area contributed by atoms with Crippen molar-refractivity contribution in [3.05, 3.63) is 12.2 Å². The summed E-state index contributed by atoms with van der Waals surface area (Å²) in [5.41, 5.74) is 1.48. The van der Waals surface area contributed by atoms with Gasteiger partial charge in [-0.25, -0.2) is 0 Å². The van der Waals surface area contributed by atoms with Gasteiger partial charge in [-0.05, 0) is 32.7 Å². The van der Waals surface area contributed by atoms with Crippen molar-refractivity contribution in [3.63, 3.8) is 0 Å². The Morgan fingerprint density at radius 3 is 2.73 bits per heavy atom. The van der Waals surface area contributed by atoms with Crippen LogP contribution in [-0.4, -0.2) is 27.5 Å². The Kier molecular flexibility index (Phi) is 5.57. The first-order valence-corrected chi connectivity index (χ1v) is 8.03. The van der Waals surface area contributed by atoms with E-state index < -0.39 is 9.04 Å². The summed E-state index contributed by atoms with van der Waals surface area (Å²) in [7, 11) is -1.10. The summed E-state index contributed by atoms with van der Waals surface area (Å²) >= 11 is 0. The molecule has 0 spiro atoms. The zero-order valence-electron chi connectivity index (χ0n) is 10.3. The van der Waals surface area contributed by atoms with Crippen LogP contribution in [-0.2, 0) is 9.16 Å². The minimum atomic E-state index is -1.10. The fourth-order valence-electron chi connectivity index (χ4n) is 1.88. The molecule has 0 saturated carbocycles. The van der Waals surface area contributed by atoms with Crippen LogP contribution in [0.5, 0.6) is 0 Å². The van der Waals surface area contributed by atoms with Gasteiger partial charge in [-0.2, -0.15) is 0 Å². The van der Waals surface area contributed by atoms with Crippen molar-refractivity contribution in [2.24, 2.45) is 0 Å². The van der Waals surface area contributed by atoms with Crippen molar-refractivity contribution >= 4 is 9.04 Å². The van der Waals surface area contributed by atoms with Crippen molar-refractivity contribution in [1.29, 1.82) is 0 Å². The average molecular weight is 228 g/mol. The normalized spacial score (nSPS) is 25.9. The lowest BCUT2D eigenvalue weighted by Crippen LogP contribution is -2.40. The van der Waals surface area contributed by atoms with Gasteiger partial charge in [-0.1, -0.05) is 25.5 Å². The first-order valence-electron chi connectivity index (χ1n) is 6.07. The average Bonchev–Trinajstić information content (AvgIpc) is 2.26. The van der Waals surface area contributed by atoms with Crippen LogP contribution in [0.15, 0.2) is 12.2 Å². The highest BCUT2D eigenvalue weighted by molar-refractivity contribution is 6.53. The molecule has 15 heavy (non-hydrogen) atoms. The summed E-state index contributed by atoms with van der Waals surface area (Å²) in [5.74, 6) is 0. The van der Waals surface area contributed by atoms with Gasteiger partial charge in [0.15, 0.2) is 0 Å². The molecule has 0 aromatic rings. The lowest BCUT2D eigenvalue weighted by molar-refractivity contribution is 0.0448. The van der Waals surface area contributed by atoms with Crippen LogP contribution in [0, 0.1) is 0 Å². The molecule has 1 aliphatic rings. The van der Waals surface area contributed by atoms with E-state index in [0.29, 0.717) is 5.73 Å². The van der Waals surface area contributed by atoms with E-state index in [2.05, 4.69) is 20.4 Å². The van der Waals surface area contributed by atoms with Gasteiger partial charge in [0.1, 0.15) is 0 Å². The topological polar surface area (TPSA) is 18.5 Å². The molecule has 0 aromatic heterocycles. The summed E-state index contributed by atoms with van der Waals surface area (Å²) < 4.78 is 11.9. The van der Waals surface area contributed by atoms with Gasteiger partial charge in [0.05, 0.1) is 11.8 Å². The molecule has 1 heterocycles. The summed E-state index contributed by atoms with van der Waals surface area (Å²) in [6.45, 7) is 11.2. The third kappa shape index (κ3) is 4.09. The third-order valence-corrected chi connectivity index (χ3v) is 6.20. The monoisotopic (exact) mass is 228 g/mol. The molecule has 0 bridgehead atoms. The highest BCUT2D eigenvalue weighted by Crippen LogP contribution is 2.19. The summed E-state index contributed by atoms with van der Waals surface area (Å²) in [4.78, 5) is 0. The minimum absolute atomic E-state index is 0.174. The molecule has 2 nitrogen and oxygen atoms in total. The Labute approximate surface area is 95.4 Å². The lowest BCUT2D eigenvalue weighted by atomic mass is 10.2. The number of hydrogen-bond acceptors (Lipinski definition) is 2. The second-order valence-electron chi connectivity index (χ2n) is 4.48. The molecule has 1 rings (SSSR count). The van der Waals surface area contributed by atoms with Crippen molar-refractivity contribution in [2.45, 2.75) is 57.9 Å². The van der Waals surface area contributed by atoms with E-state index in [-0.39, 0.29) is 6.10 Å². The molecule has 0 radical (unpaired) electrons. The highest BCUT2D eigenvalue weighted by Gasteiger charge is 2.27. The Morgan fingerprint density at radius 1 is 1.53 bits per heavy atom. The predicted octanol–water partition coefficient (Wildman–Crippen LogP) is 2.82. The third-order valence-electron chi connectivity index (χ3n) is 3.10. The van der Waals surface area contributed by atoms with Crippen molar-refractivity contribution in [3.8, 4) is 0 Å². The largest absolute Gasteiger partial charge is 0.417 e. The van der Waals surface area contributed by atoms with E-state index >= 15 is 0 Å². The van der Waals surface area contributed by atoms with Gasteiger partial charge in [0.2, 0.25) is 9.04 Å². The van der Waals surface area contributed by atoms with Crippen LogP contribution in [0.2, 0.25) is 6.04 Å². The van der Waals surface area contributed by atoms with Crippen molar-refractivity contribution in [2.75, 3.05) is 6.61 Å². The van der Waals surface area contributed by atoms with Crippen molar-refractivity contribution in [1.82, 2.24) is 0 Å². The number of ether oxygens (including phenoxy) is 1. The van der Waals surface area contributed by atoms with Gasteiger partial charge < -0.3 is 9.16 Å². The van der Waals surface area contributed by atoms with E-state index in [1.807, 2.05) is 6.92 Å². The molecule has 1 saturated heterocycles. The highest BCUT2D eigenvalue weighted by atomic mass is 28.3. The second-order valence-corrected chi connectivity index (χ2v) is 7.21. The van der Waals surface area contributed by atoms with Crippen LogP contribution >= 0.6 is 0 Å². The molecule has 1 aliphatic heterocycles. The molecule has 1 fully saturated rings. The van der Waals surface area contributed by atoms with Gasteiger partial charge in [-0.3, -0.25) is 0 Å². The number of hydrogen-bond donors (Lipinski definition) is 0. The van der Waals surface area contributed by atoms with E-state index in [4.69, 9.17) is 9.16 Å². The molecule has 3 unspecified atom stereocenters. The SMILES string of the molecule is C=C(C)C(C)OC(CC)[SiH]1CCCCO1. The molecular formula is C12H24O2Si. The maximum Gasteiger partial charge on any atom is 0.205 e. The first-order chi connectivity index (χ1) is 7.15. The Balaban J connectivity index is 2.43. The zero-order chi connectivity index (χ0) is 11.3. The molecule has 3 heteroatoms. The molecule has 0 N–H and O–H groups in total. The zero-order valence-corrected chi connectivity index (χ0v) is 11.4.